The summed E-state index contributed by atoms with van der Waals surface area (Å²) < 4.78 is 1.84. The molecule has 1 fully saturated rings. The van der Waals surface area contributed by atoms with Gasteiger partial charge in [-0.1, -0.05) is 6.07 Å². The van der Waals surface area contributed by atoms with Crippen molar-refractivity contribution in [3.8, 4) is 0 Å². The van der Waals surface area contributed by atoms with Crippen LogP contribution in [0.1, 0.15) is 18.7 Å². The van der Waals surface area contributed by atoms with Crippen molar-refractivity contribution >= 4 is 5.65 Å². The van der Waals surface area contributed by atoms with Crippen LogP contribution in [0, 0.1) is 0 Å². The molecule has 15 heavy (non-hydrogen) atoms. The number of hydrogen-bond acceptors (Lipinski definition) is 3. The second-order valence-electron chi connectivity index (χ2n) is 4.01. The Balaban J connectivity index is 1.84. The average molecular weight is 202 g/mol. The molecular formula is C11H14N4. The molecule has 0 unspecified atom stereocenters. The van der Waals surface area contributed by atoms with Crippen molar-refractivity contribution in [2.24, 2.45) is 0 Å². The van der Waals surface area contributed by atoms with Crippen molar-refractivity contribution in [1.82, 2.24) is 19.5 Å². The van der Waals surface area contributed by atoms with E-state index in [1.807, 2.05) is 28.9 Å². The van der Waals surface area contributed by atoms with Gasteiger partial charge in [0.2, 0.25) is 0 Å². The lowest BCUT2D eigenvalue weighted by Gasteiger charge is -2.10. The van der Waals surface area contributed by atoms with Crippen LogP contribution in [-0.4, -0.2) is 32.6 Å². The van der Waals surface area contributed by atoms with Crippen molar-refractivity contribution in [3.63, 3.8) is 0 Å². The smallest absolute Gasteiger partial charge is 0.165 e. The molecule has 0 spiro atoms. The third-order valence-corrected chi connectivity index (χ3v) is 2.85. The molecule has 0 saturated carbocycles. The van der Waals surface area contributed by atoms with Crippen LogP contribution in [0.3, 0.4) is 0 Å². The van der Waals surface area contributed by atoms with Gasteiger partial charge >= 0.3 is 0 Å². The third kappa shape index (κ3) is 1.72. The van der Waals surface area contributed by atoms with E-state index in [4.69, 9.17) is 0 Å². The summed E-state index contributed by atoms with van der Waals surface area (Å²) in [6.45, 7) is 3.27. The Morgan fingerprint density at radius 3 is 2.87 bits per heavy atom. The van der Waals surface area contributed by atoms with Gasteiger partial charge in [-0.05, 0) is 38.1 Å². The molecule has 0 atom stereocenters. The highest BCUT2D eigenvalue weighted by Crippen LogP contribution is 2.10. The zero-order chi connectivity index (χ0) is 10.1. The van der Waals surface area contributed by atoms with Crippen LogP contribution in [0.2, 0.25) is 0 Å². The van der Waals surface area contributed by atoms with E-state index in [2.05, 4.69) is 15.0 Å². The highest BCUT2D eigenvalue weighted by molar-refractivity contribution is 5.36. The maximum atomic E-state index is 4.49. The molecule has 0 aromatic carbocycles. The number of nitrogens with zero attached hydrogens (tertiary/aromatic N) is 4. The van der Waals surface area contributed by atoms with E-state index >= 15 is 0 Å². The second kappa shape index (κ2) is 3.62. The van der Waals surface area contributed by atoms with E-state index < -0.39 is 0 Å². The van der Waals surface area contributed by atoms with Crippen LogP contribution in [0.5, 0.6) is 0 Å². The topological polar surface area (TPSA) is 33.4 Å². The quantitative estimate of drug-likeness (QED) is 0.736. The van der Waals surface area contributed by atoms with Crippen molar-refractivity contribution in [3.05, 3.63) is 30.2 Å². The van der Waals surface area contributed by atoms with Crippen LogP contribution in [-0.2, 0) is 6.54 Å². The summed E-state index contributed by atoms with van der Waals surface area (Å²) in [6.07, 6.45) is 4.57. The van der Waals surface area contributed by atoms with Crippen LogP contribution in [0.25, 0.3) is 5.65 Å². The van der Waals surface area contributed by atoms with Crippen LogP contribution in [0.4, 0.5) is 0 Å². The van der Waals surface area contributed by atoms with Crippen molar-refractivity contribution < 1.29 is 0 Å². The summed E-state index contributed by atoms with van der Waals surface area (Å²) in [7, 11) is 0. The maximum absolute atomic E-state index is 4.49. The van der Waals surface area contributed by atoms with Gasteiger partial charge in [-0.15, -0.1) is 5.10 Å². The molecule has 4 heteroatoms. The summed E-state index contributed by atoms with van der Waals surface area (Å²) in [5.41, 5.74) is 0.937. The molecule has 0 bridgehead atoms. The lowest BCUT2D eigenvalue weighted by molar-refractivity contribution is 0.322. The van der Waals surface area contributed by atoms with Gasteiger partial charge in [-0.3, -0.25) is 4.90 Å². The fourth-order valence-corrected chi connectivity index (χ4v) is 2.09. The Labute approximate surface area is 88.5 Å². The molecule has 3 rings (SSSR count). The molecule has 1 saturated heterocycles. The molecule has 1 aliphatic rings. The Bertz CT molecular complexity index is 423. The van der Waals surface area contributed by atoms with E-state index in [0.717, 1.165) is 18.0 Å². The lowest BCUT2D eigenvalue weighted by Crippen LogP contribution is -2.19. The fraction of sp³-hybridized carbons (Fsp3) is 0.455. The summed E-state index contributed by atoms with van der Waals surface area (Å²) in [5.74, 6) is 0.933. The van der Waals surface area contributed by atoms with E-state index in [0.29, 0.717) is 0 Å². The zero-order valence-corrected chi connectivity index (χ0v) is 8.63. The summed E-state index contributed by atoms with van der Waals surface area (Å²) >= 11 is 0. The van der Waals surface area contributed by atoms with Crippen LogP contribution in [0.15, 0.2) is 24.4 Å². The van der Waals surface area contributed by atoms with Gasteiger partial charge in [-0.2, -0.15) is 0 Å². The number of rotatable bonds is 2. The monoisotopic (exact) mass is 202 g/mol. The molecule has 0 amide bonds. The van der Waals surface area contributed by atoms with Crippen LogP contribution < -0.4 is 0 Å². The van der Waals surface area contributed by atoms with Gasteiger partial charge in [0.05, 0.1) is 6.54 Å². The van der Waals surface area contributed by atoms with Gasteiger partial charge in [0.25, 0.3) is 0 Å². The number of fused-ring (bicyclic) bond motifs is 1. The maximum Gasteiger partial charge on any atom is 0.165 e. The standard InChI is InChI=1S/C11H14N4/c1-2-8-15-11(5-1)12-10(13-15)9-14-6-3-4-7-14/h1-2,5,8H,3-4,6-7,9H2. The second-order valence-corrected chi connectivity index (χ2v) is 4.01. The van der Waals surface area contributed by atoms with E-state index in [9.17, 15) is 0 Å². The number of likely N-dealkylation sites (tertiary alicyclic amines) is 1. The average Bonchev–Trinajstić information content (AvgIpc) is 2.86. The van der Waals surface area contributed by atoms with E-state index in [1.54, 1.807) is 0 Å². The molecule has 2 aromatic heterocycles. The van der Waals surface area contributed by atoms with E-state index in [1.165, 1.54) is 25.9 Å². The van der Waals surface area contributed by atoms with Crippen LogP contribution >= 0.6 is 0 Å². The Kier molecular flexibility index (Phi) is 2.14. The highest BCUT2D eigenvalue weighted by Gasteiger charge is 2.14. The minimum Gasteiger partial charge on any atom is -0.296 e. The van der Waals surface area contributed by atoms with Gasteiger partial charge in [-0.25, -0.2) is 9.50 Å². The van der Waals surface area contributed by atoms with E-state index in [-0.39, 0.29) is 0 Å². The molecule has 0 radical (unpaired) electrons. The van der Waals surface area contributed by atoms with Gasteiger partial charge < -0.3 is 0 Å². The predicted octanol–water partition coefficient (Wildman–Crippen LogP) is 1.33. The number of aromatic nitrogens is 3. The molecule has 4 nitrogen and oxygen atoms in total. The van der Waals surface area contributed by atoms with Gasteiger partial charge in [0.1, 0.15) is 0 Å². The Morgan fingerprint density at radius 2 is 2.07 bits per heavy atom. The fourth-order valence-electron chi connectivity index (χ4n) is 2.09. The minimum absolute atomic E-state index is 0.891. The summed E-state index contributed by atoms with van der Waals surface area (Å²) in [4.78, 5) is 6.90. The lowest BCUT2D eigenvalue weighted by atomic mass is 10.4. The molecular weight excluding hydrogens is 188 g/mol. The first-order valence-electron chi connectivity index (χ1n) is 5.44. The first kappa shape index (κ1) is 8.85. The first-order chi connectivity index (χ1) is 7.42. The normalized spacial score (nSPS) is 17.6. The zero-order valence-electron chi connectivity index (χ0n) is 8.63. The summed E-state index contributed by atoms with van der Waals surface area (Å²) in [5, 5.41) is 4.44. The Morgan fingerprint density at radius 1 is 1.20 bits per heavy atom. The summed E-state index contributed by atoms with van der Waals surface area (Å²) in [6, 6.07) is 5.95. The predicted molar refractivity (Wildman–Crippen MR) is 57.5 cm³/mol. The largest absolute Gasteiger partial charge is 0.296 e. The minimum atomic E-state index is 0.891. The molecule has 78 valence electrons. The molecule has 0 aliphatic carbocycles. The van der Waals surface area contributed by atoms with Gasteiger partial charge in [0.15, 0.2) is 11.5 Å². The van der Waals surface area contributed by atoms with Crippen molar-refractivity contribution in [2.45, 2.75) is 19.4 Å². The first-order valence-corrected chi connectivity index (χ1v) is 5.44. The molecule has 0 N–H and O–H groups in total. The molecule has 1 aliphatic heterocycles. The number of hydrogen-bond donors (Lipinski definition) is 0. The van der Waals surface area contributed by atoms with Gasteiger partial charge in [0, 0.05) is 6.20 Å². The Hall–Kier alpha value is -1.42. The SMILES string of the molecule is c1ccn2nc(CN3CCCC3)nc2c1. The molecule has 3 heterocycles. The molecule has 2 aromatic rings. The number of pyridine rings is 1. The third-order valence-electron chi connectivity index (χ3n) is 2.85. The van der Waals surface area contributed by atoms with Crippen molar-refractivity contribution in [1.29, 1.82) is 0 Å². The highest BCUT2D eigenvalue weighted by atomic mass is 15.3. The van der Waals surface area contributed by atoms with Crippen molar-refractivity contribution in [2.75, 3.05) is 13.1 Å².